The summed E-state index contributed by atoms with van der Waals surface area (Å²) in [5.41, 5.74) is 1.74. The fourth-order valence-corrected chi connectivity index (χ4v) is 6.63. The van der Waals surface area contributed by atoms with Gasteiger partial charge in [-0.15, -0.1) is 0 Å². The summed E-state index contributed by atoms with van der Waals surface area (Å²) in [5, 5.41) is 0.811. The van der Waals surface area contributed by atoms with E-state index in [2.05, 4.69) is 0 Å². The third kappa shape index (κ3) is 7.59. The van der Waals surface area contributed by atoms with Crippen LogP contribution in [0.5, 0.6) is 11.5 Å². The van der Waals surface area contributed by atoms with E-state index in [9.17, 15) is 27.2 Å². The van der Waals surface area contributed by atoms with Crippen molar-refractivity contribution in [3.05, 3.63) is 140 Å². The lowest BCUT2D eigenvalue weighted by Gasteiger charge is -2.32. The van der Waals surface area contributed by atoms with E-state index in [1.54, 1.807) is 50.2 Å². The summed E-state index contributed by atoms with van der Waals surface area (Å²) >= 11 is 12.7. The summed E-state index contributed by atoms with van der Waals surface area (Å²) in [6, 6.07) is 20.2. The molecule has 52 heavy (non-hydrogen) atoms. The molecular weight excluding hydrogens is 719 g/mol. The first-order valence-electron chi connectivity index (χ1n) is 16.3. The molecule has 1 aliphatic rings. The van der Waals surface area contributed by atoms with E-state index in [0.717, 1.165) is 12.1 Å². The summed E-state index contributed by atoms with van der Waals surface area (Å²) in [7, 11) is 3.04. The molecule has 0 radical (unpaired) electrons. The highest BCUT2D eigenvalue weighted by Crippen LogP contribution is 2.42. The van der Waals surface area contributed by atoms with Crippen molar-refractivity contribution >= 4 is 40.4 Å². The lowest BCUT2D eigenvalue weighted by Crippen LogP contribution is -2.33. The summed E-state index contributed by atoms with van der Waals surface area (Å²) in [4.78, 5) is 26.1. The molecular formula is C40H34Cl2F4N2O4. The minimum absolute atomic E-state index is 0.144. The van der Waals surface area contributed by atoms with Gasteiger partial charge in [0, 0.05) is 52.3 Å². The van der Waals surface area contributed by atoms with E-state index < -0.39 is 23.3 Å². The molecule has 0 saturated carbocycles. The van der Waals surface area contributed by atoms with Crippen molar-refractivity contribution in [1.82, 2.24) is 9.47 Å². The number of nitrogens with zero attached hydrogens (tertiary/aromatic N) is 2. The molecule has 2 heterocycles. The van der Waals surface area contributed by atoms with Crippen LogP contribution >= 0.6 is 23.2 Å². The SMILES string of the molecule is CCN1C(=O)CCC(c2cc(OC)ccc2Cl)=C1c1c(F)cccc1F.CCn1c(-c2c(F)cccc2F)c(-c2cc(OC)ccc2Cl)ccc1=O. The molecule has 0 saturated heterocycles. The van der Waals surface area contributed by atoms with Gasteiger partial charge in [-0.3, -0.25) is 9.59 Å². The van der Waals surface area contributed by atoms with Gasteiger partial charge in [0.1, 0.15) is 34.8 Å². The third-order valence-corrected chi connectivity index (χ3v) is 9.28. The number of methoxy groups -OCH3 is 2. The van der Waals surface area contributed by atoms with Crippen LogP contribution in [0, 0.1) is 23.3 Å². The summed E-state index contributed by atoms with van der Waals surface area (Å²) in [5.74, 6) is -2.00. The molecule has 0 N–H and O–H groups in total. The first kappa shape index (κ1) is 38.2. The van der Waals surface area contributed by atoms with Crippen molar-refractivity contribution in [2.45, 2.75) is 33.2 Å². The van der Waals surface area contributed by atoms with Gasteiger partial charge in [0.25, 0.3) is 5.56 Å². The first-order chi connectivity index (χ1) is 24.9. The minimum Gasteiger partial charge on any atom is -0.497 e. The van der Waals surface area contributed by atoms with Gasteiger partial charge in [0.2, 0.25) is 5.91 Å². The van der Waals surface area contributed by atoms with Crippen LogP contribution in [0.25, 0.3) is 33.7 Å². The molecule has 270 valence electrons. The van der Waals surface area contributed by atoms with Gasteiger partial charge in [-0.05, 0) is 92.6 Å². The topological polar surface area (TPSA) is 60.8 Å². The Hall–Kier alpha value is -5.06. The number of aromatic nitrogens is 1. The molecule has 1 amide bonds. The van der Waals surface area contributed by atoms with Crippen molar-refractivity contribution in [3.8, 4) is 33.9 Å². The van der Waals surface area contributed by atoms with Crippen LogP contribution in [0.3, 0.4) is 0 Å². The second kappa shape index (κ2) is 16.5. The van der Waals surface area contributed by atoms with Crippen LogP contribution in [0.1, 0.15) is 37.8 Å². The molecule has 6 rings (SSSR count). The van der Waals surface area contributed by atoms with Gasteiger partial charge in [0.05, 0.1) is 36.7 Å². The Kier molecular flexibility index (Phi) is 12.1. The van der Waals surface area contributed by atoms with Crippen molar-refractivity contribution in [2.75, 3.05) is 20.8 Å². The molecule has 0 unspecified atom stereocenters. The number of allylic oxidation sites excluding steroid dienone is 1. The fourth-order valence-electron chi connectivity index (χ4n) is 6.18. The zero-order valence-electron chi connectivity index (χ0n) is 28.7. The molecule has 6 nitrogen and oxygen atoms in total. The van der Waals surface area contributed by atoms with Crippen LogP contribution in [-0.2, 0) is 11.3 Å². The van der Waals surface area contributed by atoms with E-state index in [1.807, 2.05) is 0 Å². The van der Waals surface area contributed by atoms with Crippen LogP contribution in [0.2, 0.25) is 10.0 Å². The third-order valence-electron chi connectivity index (χ3n) is 8.62. The predicted molar refractivity (Wildman–Crippen MR) is 197 cm³/mol. The highest BCUT2D eigenvalue weighted by atomic mass is 35.5. The van der Waals surface area contributed by atoms with E-state index in [4.69, 9.17) is 32.7 Å². The van der Waals surface area contributed by atoms with Crippen molar-refractivity contribution in [2.24, 2.45) is 0 Å². The number of hydrogen-bond donors (Lipinski definition) is 0. The Morgan fingerprint density at radius 3 is 1.67 bits per heavy atom. The number of carbonyl (C=O) groups is 1. The van der Waals surface area contributed by atoms with Gasteiger partial charge >= 0.3 is 0 Å². The van der Waals surface area contributed by atoms with Crippen molar-refractivity contribution in [1.29, 1.82) is 0 Å². The Labute approximate surface area is 308 Å². The van der Waals surface area contributed by atoms with Crippen molar-refractivity contribution < 1.29 is 31.8 Å². The predicted octanol–water partition coefficient (Wildman–Crippen LogP) is 10.3. The van der Waals surface area contributed by atoms with Gasteiger partial charge in [-0.2, -0.15) is 0 Å². The molecule has 1 aromatic heterocycles. The molecule has 0 atom stereocenters. The zero-order valence-corrected chi connectivity index (χ0v) is 30.2. The van der Waals surface area contributed by atoms with Crippen molar-refractivity contribution in [3.63, 3.8) is 0 Å². The fraction of sp³-hybridized carbons (Fsp3) is 0.200. The standard InChI is InChI=1S/C20H18ClF2NO2.C20H16ClF2NO2/c2*1-3-24-18(25)10-8-13(14-11-12(26-2)7-9-15(14)21)20(24)19-16(22)5-4-6-17(19)23/h4-7,9,11H,3,8,10H2,1-2H3;4-11H,3H2,1-2H3. The number of halogens is 6. The summed E-state index contributed by atoms with van der Waals surface area (Å²) in [6.07, 6.45) is 0.585. The number of amides is 1. The number of benzene rings is 4. The highest BCUT2D eigenvalue weighted by molar-refractivity contribution is 6.33. The largest absolute Gasteiger partial charge is 0.497 e. The molecule has 0 bridgehead atoms. The number of pyridine rings is 1. The second-order valence-corrected chi connectivity index (χ2v) is 12.3. The maximum absolute atomic E-state index is 14.5. The van der Waals surface area contributed by atoms with Gasteiger partial charge in [0.15, 0.2) is 0 Å². The van der Waals surface area contributed by atoms with Crippen LogP contribution < -0.4 is 15.0 Å². The quantitative estimate of drug-likeness (QED) is 0.148. The Morgan fingerprint density at radius 2 is 1.15 bits per heavy atom. The molecule has 4 aromatic carbocycles. The maximum Gasteiger partial charge on any atom is 0.251 e. The Morgan fingerprint density at radius 1 is 0.635 bits per heavy atom. The highest BCUT2D eigenvalue weighted by Gasteiger charge is 2.32. The van der Waals surface area contributed by atoms with Gasteiger partial charge < -0.3 is 18.9 Å². The van der Waals surface area contributed by atoms with Gasteiger partial charge in [-0.25, -0.2) is 17.6 Å². The Balaban J connectivity index is 0.000000201. The second-order valence-electron chi connectivity index (χ2n) is 11.5. The molecule has 0 spiro atoms. The molecule has 1 aliphatic heterocycles. The average Bonchev–Trinajstić information content (AvgIpc) is 3.13. The first-order valence-corrected chi connectivity index (χ1v) is 17.0. The molecule has 0 fully saturated rings. The van der Waals surface area contributed by atoms with Crippen LogP contribution in [-0.4, -0.2) is 36.1 Å². The van der Waals surface area contributed by atoms with E-state index in [-0.39, 0.29) is 46.9 Å². The van der Waals surface area contributed by atoms with Crippen LogP contribution in [0.4, 0.5) is 17.6 Å². The van der Waals surface area contributed by atoms with Crippen LogP contribution in [0.15, 0.2) is 89.7 Å². The summed E-state index contributed by atoms with van der Waals surface area (Å²) in [6.45, 7) is 4.05. The molecule has 12 heteroatoms. The smallest absolute Gasteiger partial charge is 0.251 e. The van der Waals surface area contributed by atoms with E-state index in [1.165, 1.54) is 60.1 Å². The number of hydrogen-bond acceptors (Lipinski definition) is 4. The Bertz CT molecular complexity index is 2200. The molecule has 5 aromatic rings. The van der Waals surface area contributed by atoms with E-state index >= 15 is 0 Å². The number of carbonyl (C=O) groups excluding carboxylic acids is 1. The normalized spacial score (nSPS) is 12.8. The lowest BCUT2D eigenvalue weighted by atomic mass is 9.90. The molecule has 0 aliphatic carbocycles. The average molecular weight is 754 g/mol. The summed E-state index contributed by atoms with van der Waals surface area (Å²) < 4.78 is 69.9. The number of ether oxygens (including phenoxy) is 2. The zero-order chi connectivity index (χ0) is 37.7. The van der Waals surface area contributed by atoms with Gasteiger partial charge in [-0.1, -0.05) is 35.3 Å². The van der Waals surface area contributed by atoms with E-state index in [0.29, 0.717) is 56.8 Å². The lowest BCUT2D eigenvalue weighted by molar-refractivity contribution is -0.128. The number of rotatable bonds is 8. The monoisotopic (exact) mass is 752 g/mol. The minimum atomic E-state index is -0.752. The maximum atomic E-state index is 14.5.